The van der Waals surface area contributed by atoms with E-state index in [-0.39, 0.29) is 0 Å². The molecule has 0 unspecified atom stereocenters. The lowest BCUT2D eigenvalue weighted by atomic mass is 10.1. The van der Waals surface area contributed by atoms with Crippen LogP contribution in [0, 0.1) is 0 Å². The van der Waals surface area contributed by atoms with Crippen molar-refractivity contribution >= 4 is 34.0 Å². The molecule has 132 valence electrons. The number of hydrogen-bond acceptors (Lipinski definition) is 5. The predicted molar refractivity (Wildman–Crippen MR) is 107 cm³/mol. The third kappa shape index (κ3) is 2.56. The van der Waals surface area contributed by atoms with Crippen molar-refractivity contribution in [3.8, 4) is 11.3 Å². The molecule has 0 bridgehead atoms. The number of anilines is 3. The zero-order valence-electron chi connectivity index (χ0n) is 14.7. The maximum absolute atomic E-state index is 5.92. The van der Waals surface area contributed by atoms with E-state index in [1.165, 1.54) is 0 Å². The van der Waals surface area contributed by atoms with Crippen molar-refractivity contribution in [1.82, 2.24) is 24.4 Å². The summed E-state index contributed by atoms with van der Waals surface area (Å²) in [7, 11) is 1.87. The Morgan fingerprint density at radius 1 is 0.926 bits per heavy atom. The van der Waals surface area contributed by atoms with Crippen LogP contribution in [0.1, 0.15) is 0 Å². The topological polar surface area (TPSA) is 86.1 Å². The van der Waals surface area contributed by atoms with Crippen molar-refractivity contribution in [2.24, 2.45) is 7.05 Å². The van der Waals surface area contributed by atoms with Crippen LogP contribution in [-0.4, -0.2) is 24.4 Å². The Morgan fingerprint density at radius 2 is 1.78 bits per heavy atom. The minimum absolute atomic E-state index is 0.525. The first-order valence-corrected chi connectivity index (χ1v) is 8.59. The fourth-order valence-corrected chi connectivity index (χ4v) is 3.28. The molecule has 2 aromatic carbocycles. The summed E-state index contributed by atoms with van der Waals surface area (Å²) in [5, 5.41) is 13.1. The SMILES string of the molecule is Cn1nc(N)c2ccc(Nc3nc4cccc(-c5ccccc5)n4n3)cc21. The molecule has 5 rings (SSSR count). The number of aromatic nitrogens is 5. The highest BCUT2D eigenvalue weighted by Gasteiger charge is 2.10. The second-order valence-electron chi connectivity index (χ2n) is 6.35. The first-order valence-electron chi connectivity index (χ1n) is 8.59. The summed E-state index contributed by atoms with van der Waals surface area (Å²) in [5.41, 5.74) is 10.6. The van der Waals surface area contributed by atoms with Crippen LogP contribution in [-0.2, 0) is 7.05 Å². The maximum atomic E-state index is 5.92. The van der Waals surface area contributed by atoms with E-state index < -0.39 is 0 Å². The molecule has 0 radical (unpaired) electrons. The van der Waals surface area contributed by atoms with Gasteiger partial charge in [-0.3, -0.25) is 4.68 Å². The van der Waals surface area contributed by atoms with Crippen molar-refractivity contribution in [2.75, 3.05) is 11.1 Å². The second-order valence-corrected chi connectivity index (χ2v) is 6.35. The molecule has 3 aromatic heterocycles. The van der Waals surface area contributed by atoms with Gasteiger partial charge in [-0.2, -0.15) is 10.1 Å². The molecule has 0 aliphatic carbocycles. The molecule has 7 heteroatoms. The minimum Gasteiger partial charge on any atom is -0.382 e. The molecule has 0 saturated carbocycles. The third-order valence-corrected chi connectivity index (χ3v) is 4.57. The molecule has 0 atom stereocenters. The van der Waals surface area contributed by atoms with Crippen LogP contribution in [0.5, 0.6) is 0 Å². The highest BCUT2D eigenvalue weighted by Crippen LogP contribution is 2.26. The summed E-state index contributed by atoms with van der Waals surface area (Å²) in [5.74, 6) is 1.06. The largest absolute Gasteiger partial charge is 0.382 e. The summed E-state index contributed by atoms with van der Waals surface area (Å²) in [6, 6.07) is 22.0. The van der Waals surface area contributed by atoms with Gasteiger partial charge < -0.3 is 11.1 Å². The normalized spacial score (nSPS) is 11.3. The first kappa shape index (κ1) is 15.4. The van der Waals surface area contributed by atoms with Crippen molar-refractivity contribution in [3.63, 3.8) is 0 Å². The molecule has 5 aromatic rings. The van der Waals surface area contributed by atoms with Gasteiger partial charge in [-0.25, -0.2) is 4.52 Å². The summed E-state index contributed by atoms with van der Waals surface area (Å²) in [6.07, 6.45) is 0. The van der Waals surface area contributed by atoms with Gasteiger partial charge in [0.1, 0.15) is 0 Å². The van der Waals surface area contributed by atoms with E-state index in [0.717, 1.165) is 33.5 Å². The van der Waals surface area contributed by atoms with Gasteiger partial charge in [0.2, 0.25) is 5.95 Å². The van der Waals surface area contributed by atoms with Crippen LogP contribution >= 0.6 is 0 Å². The minimum atomic E-state index is 0.525. The Hall–Kier alpha value is -3.87. The number of pyridine rings is 1. The van der Waals surface area contributed by atoms with E-state index >= 15 is 0 Å². The molecule has 7 nitrogen and oxygen atoms in total. The lowest BCUT2D eigenvalue weighted by Gasteiger charge is -2.04. The fourth-order valence-electron chi connectivity index (χ4n) is 3.28. The van der Waals surface area contributed by atoms with E-state index in [1.807, 2.05) is 66.2 Å². The second kappa shape index (κ2) is 5.84. The number of aryl methyl sites for hydroxylation is 1. The Kier molecular flexibility index (Phi) is 3.33. The van der Waals surface area contributed by atoms with Crippen LogP contribution in [0.4, 0.5) is 17.5 Å². The van der Waals surface area contributed by atoms with Gasteiger partial charge >= 0.3 is 0 Å². The lowest BCUT2D eigenvalue weighted by molar-refractivity contribution is 0.802. The van der Waals surface area contributed by atoms with Crippen LogP contribution in [0.3, 0.4) is 0 Å². The van der Waals surface area contributed by atoms with Gasteiger partial charge in [-0.05, 0) is 30.3 Å². The van der Waals surface area contributed by atoms with Gasteiger partial charge in [0, 0.05) is 23.7 Å². The number of rotatable bonds is 3. The Morgan fingerprint density at radius 3 is 2.63 bits per heavy atom. The zero-order chi connectivity index (χ0) is 18.4. The van der Waals surface area contributed by atoms with Crippen molar-refractivity contribution in [3.05, 3.63) is 66.7 Å². The number of fused-ring (bicyclic) bond motifs is 2. The summed E-state index contributed by atoms with van der Waals surface area (Å²) in [4.78, 5) is 4.60. The van der Waals surface area contributed by atoms with Gasteiger partial charge in [0.25, 0.3) is 0 Å². The molecule has 0 fully saturated rings. The number of benzene rings is 2. The van der Waals surface area contributed by atoms with E-state index in [9.17, 15) is 0 Å². The molecule has 0 amide bonds. The highest BCUT2D eigenvalue weighted by molar-refractivity contribution is 5.91. The fraction of sp³-hybridized carbons (Fsp3) is 0.0500. The summed E-state index contributed by atoms with van der Waals surface area (Å²) >= 11 is 0. The number of nitrogens with two attached hydrogens (primary N) is 1. The molecule has 3 heterocycles. The molecule has 3 N–H and O–H groups in total. The smallest absolute Gasteiger partial charge is 0.247 e. The Labute approximate surface area is 155 Å². The molecular formula is C20H17N7. The monoisotopic (exact) mass is 355 g/mol. The average molecular weight is 355 g/mol. The van der Waals surface area contributed by atoms with Crippen LogP contribution in [0.15, 0.2) is 66.7 Å². The van der Waals surface area contributed by atoms with E-state index in [0.29, 0.717) is 11.8 Å². The van der Waals surface area contributed by atoms with Crippen molar-refractivity contribution in [2.45, 2.75) is 0 Å². The highest BCUT2D eigenvalue weighted by atomic mass is 15.4. The van der Waals surface area contributed by atoms with Gasteiger partial charge in [-0.15, -0.1) is 5.10 Å². The first-order chi connectivity index (χ1) is 13.2. The number of nitrogens with one attached hydrogen (secondary N) is 1. The molecule has 0 aliphatic rings. The van der Waals surface area contributed by atoms with Crippen molar-refractivity contribution in [1.29, 1.82) is 0 Å². The van der Waals surface area contributed by atoms with Gasteiger partial charge in [0.05, 0.1) is 11.2 Å². The molecule has 27 heavy (non-hydrogen) atoms. The van der Waals surface area contributed by atoms with Gasteiger partial charge in [0.15, 0.2) is 11.5 Å². The van der Waals surface area contributed by atoms with E-state index in [4.69, 9.17) is 5.73 Å². The lowest BCUT2D eigenvalue weighted by Crippen LogP contribution is -1.96. The number of nitrogens with zero attached hydrogens (tertiary/aromatic N) is 5. The summed E-state index contributed by atoms with van der Waals surface area (Å²) < 4.78 is 3.61. The van der Waals surface area contributed by atoms with Crippen LogP contribution in [0.25, 0.3) is 27.8 Å². The molecule has 0 spiro atoms. The Bertz CT molecular complexity index is 1270. The van der Waals surface area contributed by atoms with Crippen LogP contribution in [0.2, 0.25) is 0 Å². The maximum Gasteiger partial charge on any atom is 0.247 e. The third-order valence-electron chi connectivity index (χ3n) is 4.57. The molecular weight excluding hydrogens is 338 g/mol. The van der Waals surface area contributed by atoms with Crippen LogP contribution < -0.4 is 11.1 Å². The number of nitrogen functional groups attached to an aromatic ring is 1. The summed E-state index contributed by atoms with van der Waals surface area (Å²) in [6.45, 7) is 0. The number of hydrogen-bond donors (Lipinski definition) is 2. The standard InChI is InChI=1S/C20H17N7/c1-26-17-12-14(10-11-15(17)19(21)24-26)22-20-23-18-9-5-8-16(27(18)25-20)13-6-3-2-4-7-13/h2-12H,1H3,(H2,21,24)(H,22,25). The quantitative estimate of drug-likeness (QED) is 0.516. The van der Waals surface area contributed by atoms with E-state index in [1.54, 1.807) is 4.68 Å². The zero-order valence-corrected chi connectivity index (χ0v) is 14.7. The van der Waals surface area contributed by atoms with E-state index in [2.05, 4.69) is 32.6 Å². The van der Waals surface area contributed by atoms with Crippen molar-refractivity contribution < 1.29 is 0 Å². The predicted octanol–water partition coefficient (Wildman–Crippen LogP) is 3.61. The molecule has 0 saturated heterocycles. The average Bonchev–Trinajstić information content (AvgIpc) is 3.22. The molecule has 0 aliphatic heterocycles. The van der Waals surface area contributed by atoms with Gasteiger partial charge in [-0.1, -0.05) is 36.4 Å². The Balaban J connectivity index is 1.55.